The lowest BCUT2D eigenvalue weighted by Crippen LogP contribution is -2.32. The number of amidine groups is 1. The second kappa shape index (κ2) is 26.6. The van der Waals surface area contributed by atoms with Crippen molar-refractivity contribution in [3.05, 3.63) is 35.1 Å². The van der Waals surface area contributed by atoms with Crippen LogP contribution in [0.1, 0.15) is 187 Å². The third kappa shape index (κ3) is 15.1. The minimum atomic E-state index is -0.318. The van der Waals surface area contributed by atoms with Crippen molar-refractivity contribution >= 4 is 35.4 Å². The highest BCUT2D eigenvalue weighted by Crippen LogP contribution is 2.35. The highest BCUT2D eigenvalue weighted by molar-refractivity contribution is 6.40. The standard InChI is InChI=1S/C44H72N6O2/c1-5-9-13-17-21-25-29-49(30-26-22-18-14-10-6-2)39-35-45-37(33-47-39)41-43(51)42(44(41)52)38-34-48-40(36-46-38)50(31-27-23-19-15-11-7-3)32-28-24-20-16-12-8-4/h33-36H,5-32H2,1-4H3. The zero-order chi connectivity index (χ0) is 37.2. The van der Waals surface area contributed by atoms with E-state index in [0.29, 0.717) is 11.4 Å². The Balaban J connectivity index is 1.67. The van der Waals surface area contributed by atoms with Gasteiger partial charge in [0.25, 0.3) is 0 Å². The monoisotopic (exact) mass is 717 g/mol. The van der Waals surface area contributed by atoms with Gasteiger partial charge in [0.1, 0.15) is 17.7 Å². The van der Waals surface area contributed by atoms with E-state index in [1.54, 1.807) is 24.8 Å². The molecule has 2 aliphatic rings. The van der Waals surface area contributed by atoms with Crippen LogP contribution in [0.25, 0.3) is 5.57 Å². The molecule has 0 amide bonds. The maximum atomic E-state index is 13.4. The summed E-state index contributed by atoms with van der Waals surface area (Å²) in [5.74, 6) is 1.01. The van der Waals surface area contributed by atoms with Gasteiger partial charge in [-0.05, 0) is 43.5 Å². The molecule has 1 aromatic heterocycles. The van der Waals surface area contributed by atoms with Gasteiger partial charge >= 0.3 is 5.84 Å². The highest BCUT2D eigenvalue weighted by Gasteiger charge is 2.33. The van der Waals surface area contributed by atoms with E-state index in [2.05, 4.69) is 47.1 Å². The fourth-order valence-electron chi connectivity index (χ4n) is 7.10. The van der Waals surface area contributed by atoms with Gasteiger partial charge in [-0.15, -0.1) is 0 Å². The number of carbonyl (C=O) groups is 1. The van der Waals surface area contributed by atoms with E-state index in [-0.39, 0.29) is 22.7 Å². The van der Waals surface area contributed by atoms with Gasteiger partial charge in [-0.3, -0.25) is 14.4 Å². The first kappa shape index (κ1) is 43.2. The average molecular weight is 717 g/mol. The van der Waals surface area contributed by atoms with Gasteiger partial charge in [0, 0.05) is 24.2 Å². The van der Waals surface area contributed by atoms with Crippen LogP contribution in [-0.4, -0.2) is 64.8 Å². The molecule has 8 nitrogen and oxygen atoms in total. The number of allylic oxidation sites excluding steroid dienone is 3. The molecule has 0 N–H and O–H groups in total. The Bertz CT molecular complexity index is 1270. The van der Waals surface area contributed by atoms with Gasteiger partial charge in [-0.25, -0.2) is 9.98 Å². The molecule has 0 atom stereocenters. The van der Waals surface area contributed by atoms with Gasteiger partial charge in [0.15, 0.2) is 12.0 Å². The van der Waals surface area contributed by atoms with Gasteiger partial charge in [-0.2, -0.15) is 0 Å². The number of carbonyl (C=O) groups excluding carboxylic acids is 1. The molecule has 0 saturated carbocycles. The van der Waals surface area contributed by atoms with Crippen LogP contribution in [0.15, 0.2) is 39.4 Å². The predicted molar refractivity (Wildman–Crippen MR) is 219 cm³/mol. The molecular formula is C44H72N6O2. The van der Waals surface area contributed by atoms with E-state index in [4.69, 9.17) is 9.98 Å². The lowest BCUT2D eigenvalue weighted by Gasteiger charge is -2.30. The number of rotatable bonds is 30. The molecule has 0 unspecified atom stereocenters. The Hall–Kier alpha value is -3.16. The summed E-state index contributed by atoms with van der Waals surface area (Å²) >= 11 is 0. The zero-order valence-electron chi connectivity index (χ0n) is 33.6. The number of hydrogen-bond acceptors (Lipinski definition) is 6. The number of nitrogens with zero attached hydrogens (tertiary/aromatic N) is 6. The summed E-state index contributed by atoms with van der Waals surface area (Å²) in [4.78, 5) is 34.3. The largest absolute Gasteiger partial charge is 0.871 e. The van der Waals surface area contributed by atoms with Crippen molar-refractivity contribution in [2.45, 2.75) is 182 Å². The number of ketones is 1. The van der Waals surface area contributed by atoms with Crippen molar-refractivity contribution in [3.8, 4) is 0 Å². The van der Waals surface area contributed by atoms with Crippen LogP contribution in [-0.2, 0) is 4.79 Å². The van der Waals surface area contributed by atoms with E-state index in [1.807, 2.05) is 0 Å². The Kier molecular flexibility index (Phi) is 22.1. The maximum absolute atomic E-state index is 13.4. The summed E-state index contributed by atoms with van der Waals surface area (Å²) in [7, 11) is 0. The Morgan fingerprint density at radius 3 is 1.46 bits per heavy atom. The Morgan fingerprint density at radius 2 is 1.04 bits per heavy atom. The summed E-state index contributed by atoms with van der Waals surface area (Å²) in [6, 6.07) is 0. The second-order valence-electron chi connectivity index (χ2n) is 15.0. The van der Waals surface area contributed by atoms with Crippen LogP contribution in [0.5, 0.6) is 0 Å². The van der Waals surface area contributed by atoms with Crippen molar-refractivity contribution < 1.29 is 14.5 Å². The third-order valence-electron chi connectivity index (χ3n) is 10.5. The lowest BCUT2D eigenvalue weighted by atomic mass is 9.85. The van der Waals surface area contributed by atoms with E-state index in [9.17, 15) is 9.90 Å². The Labute approximate surface area is 317 Å². The van der Waals surface area contributed by atoms with Gasteiger partial charge in [0.2, 0.25) is 0 Å². The lowest BCUT2D eigenvalue weighted by molar-refractivity contribution is -0.528. The maximum Gasteiger partial charge on any atom is 0.336 e. The first-order valence-corrected chi connectivity index (χ1v) is 21.5. The predicted octanol–water partition coefficient (Wildman–Crippen LogP) is 10.2. The van der Waals surface area contributed by atoms with Gasteiger partial charge in [-0.1, -0.05) is 149 Å². The fraction of sp³-hybridized carbons (Fsp3) is 0.727. The number of aromatic nitrogens is 2. The first-order chi connectivity index (χ1) is 25.5. The Morgan fingerprint density at radius 1 is 0.558 bits per heavy atom. The molecule has 0 radical (unpaired) electrons. The van der Waals surface area contributed by atoms with Crippen molar-refractivity contribution in [3.63, 3.8) is 0 Å². The van der Waals surface area contributed by atoms with Crippen molar-refractivity contribution in [1.29, 1.82) is 0 Å². The van der Waals surface area contributed by atoms with E-state index >= 15 is 0 Å². The molecule has 8 heteroatoms. The van der Waals surface area contributed by atoms with E-state index in [0.717, 1.165) is 63.5 Å². The minimum Gasteiger partial charge on any atom is -0.871 e. The average Bonchev–Trinajstić information content (AvgIpc) is 3.16. The molecule has 0 aromatic carbocycles. The number of unbranched alkanes of at least 4 members (excludes halogenated alkanes) is 20. The molecule has 3 rings (SSSR count). The molecule has 1 aromatic rings. The van der Waals surface area contributed by atoms with Gasteiger partial charge in [0.05, 0.1) is 31.2 Å². The number of anilines is 1. The molecular weight excluding hydrogens is 645 g/mol. The van der Waals surface area contributed by atoms with Crippen LogP contribution < -0.4 is 10.0 Å². The number of hydrogen-bond donors (Lipinski definition) is 0. The first-order valence-electron chi connectivity index (χ1n) is 21.5. The zero-order valence-corrected chi connectivity index (χ0v) is 33.6. The molecule has 0 saturated heterocycles. The quantitative estimate of drug-likeness (QED) is 0.0449. The molecule has 0 fully saturated rings. The normalized spacial score (nSPS) is 15.5. The summed E-state index contributed by atoms with van der Waals surface area (Å²) in [5.41, 5.74) is 0.891. The van der Waals surface area contributed by atoms with Crippen molar-refractivity contribution in [2.24, 2.45) is 9.98 Å². The van der Waals surface area contributed by atoms with Gasteiger partial charge < -0.3 is 10.0 Å². The van der Waals surface area contributed by atoms with E-state index in [1.165, 1.54) is 128 Å². The second-order valence-corrected chi connectivity index (χ2v) is 15.0. The summed E-state index contributed by atoms with van der Waals surface area (Å²) in [5, 5.41) is 13.4. The number of aliphatic imine (C=N–C) groups is 2. The minimum absolute atomic E-state index is 0.103. The SMILES string of the molecule is CCCCCCCCN(CCCCCCCC)c1cnc(C2=C([O-])/C(=C3/C=NC(=[N+](CCCCCCCC)CCCCCCCC)C=N3)C2=O)cn1. The summed E-state index contributed by atoms with van der Waals surface area (Å²) < 4.78 is 2.34. The highest BCUT2D eigenvalue weighted by atomic mass is 16.3. The topological polar surface area (TPSA) is 96.9 Å². The van der Waals surface area contributed by atoms with Crippen molar-refractivity contribution in [2.75, 3.05) is 31.1 Å². The fourth-order valence-corrected chi connectivity index (χ4v) is 7.10. The van der Waals surface area contributed by atoms with Crippen LogP contribution in [0, 0.1) is 0 Å². The van der Waals surface area contributed by atoms with Crippen LogP contribution >= 0.6 is 0 Å². The van der Waals surface area contributed by atoms with E-state index < -0.39 is 0 Å². The number of Topliss-reactive ketones (excluding diaryl/α,β-unsaturated/α-hetero) is 1. The van der Waals surface area contributed by atoms with Crippen LogP contribution in [0.2, 0.25) is 0 Å². The van der Waals surface area contributed by atoms with Crippen LogP contribution in [0.3, 0.4) is 0 Å². The summed E-state index contributed by atoms with van der Waals surface area (Å²) in [6.07, 6.45) is 36.6. The molecule has 1 aliphatic heterocycles. The van der Waals surface area contributed by atoms with Crippen LogP contribution in [0.4, 0.5) is 5.82 Å². The smallest absolute Gasteiger partial charge is 0.336 e. The summed E-state index contributed by atoms with van der Waals surface area (Å²) in [6.45, 7) is 12.8. The molecule has 0 spiro atoms. The third-order valence-corrected chi connectivity index (χ3v) is 10.5. The molecule has 0 bridgehead atoms. The molecule has 1 aliphatic carbocycles. The van der Waals surface area contributed by atoms with Crippen molar-refractivity contribution in [1.82, 2.24) is 9.97 Å². The molecule has 290 valence electrons. The molecule has 2 heterocycles. The molecule has 52 heavy (non-hydrogen) atoms.